The van der Waals surface area contributed by atoms with Crippen LogP contribution in [-0.4, -0.2) is 25.6 Å². The van der Waals surface area contributed by atoms with Gasteiger partial charge >= 0.3 is 7.12 Å². The summed E-state index contributed by atoms with van der Waals surface area (Å²) in [5.41, 5.74) is 0.762. The normalized spacial score (nSPS) is 19.5. The van der Waals surface area contributed by atoms with Crippen LogP contribution < -0.4 is 10.2 Å². The molecule has 0 radical (unpaired) electrons. The van der Waals surface area contributed by atoms with E-state index in [1.165, 1.54) is 0 Å². The molecule has 2 rings (SSSR count). The fraction of sp³-hybridized carbons (Fsp3) is 0.500. The van der Waals surface area contributed by atoms with E-state index in [1.807, 2.05) is 13.8 Å². The van der Waals surface area contributed by atoms with E-state index in [2.05, 4.69) is 4.72 Å². The van der Waals surface area contributed by atoms with E-state index < -0.39 is 22.7 Å². The third-order valence-electron chi connectivity index (χ3n) is 3.39. The van der Waals surface area contributed by atoms with Crippen LogP contribution in [0, 0.1) is 0 Å². The summed E-state index contributed by atoms with van der Waals surface area (Å²) in [4.78, 5) is 0.275. The van der Waals surface area contributed by atoms with Crippen molar-refractivity contribution in [2.75, 3.05) is 0 Å². The summed E-state index contributed by atoms with van der Waals surface area (Å²) in [5, 5.41) is 18.7. The predicted molar refractivity (Wildman–Crippen MR) is 73.7 cm³/mol. The van der Waals surface area contributed by atoms with Gasteiger partial charge in [0.1, 0.15) is 0 Å². The number of sulfonamides is 1. The monoisotopic (exact) mass is 283 g/mol. The number of nitrogens with one attached hydrogen (secondary N) is 1. The Bertz CT molecular complexity index is 623. The number of rotatable bonds is 2. The van der Waals surface area contributed by atoms with Crippen LogP contribution in [0.4, 0.5) is 0 Å². The van der Waals surface area contributed by atoms with Gasteiger partial charge < -0.3 is 10.0 Å². The fourth-order valence-corrected chi connectivity index (χ4v) is 4.55. The quantitative estimate of drug-likeness (QED) is 0.668. The Hall–Kier alpha value is -0.885. The van der Waals surface area contributed by atoms with Crippen molar-refractivity contribution >= 4 is 22.6 Å². The molecule has 0 aliphatic carbocycles. The summed E-state index contributed by atoms with van der Waals surface area (Å²) in [6.45, 7) is 7.27. The van der Waals surface area contributed by atoms with Gasteiger partial charge in [0, 0.05) is 0 Å². The van der Waals surface area contributed by atoms with E-state index in [9.17, 15) is 18.5 Å². The highest BCUT2D eigenvalue weighted by Crippen LogP contribution is 2.38. The van der Waals surface area contributed by atoms with Crippen molar-refractivity contribution in [3.05, 3.63) is 23.3 Å². The molecule has 5 nitrogen and oxygen atoms in total. The molecule has 19 heavy (non-hydrogen) atoms. The first-order valence-corrected chi connectivity index (χ1v) is 7.63. The van der Waals surface area contributed by atoms with Crippen molar-refractivity contribution in [2.24, 2.45) is 0 Å². The van der Waals surface area contributed by atoms with Gasteiger partial charge in [0.15, 0.2) is 0 Å². The first-order chi connectivity index (χ1) is 8.56. The van der Waals surface area contributed by atoms with E-state index >= 15 is 0 Å². The van der Waals surface area contributed by atoms with Crippen LogP contribution in [0.5, 0.6) is 0 Å². The van der Waals surface area contributed by atoms with E-state index in [0.717, 1.165) is 0 Å². The van der Waals surface area contributed by atoms with Gasteiger partial charge in [0.05, 0.1) is 10.4 Å². The lowest BCUT2D eigenvalue weighted by molar-refractivity contribution is 0.425. The Kier molecular flexibility index (Phi) is 3.29. The highest BCUT2D eigenvalue weighted by molar-refractivity contribution is 7.90. The molecule has 1 heterocycles. The molecular formula is C12H18BNO4S. The topological polar surface area (TPSA) is 86.6 Å². The number of fused-ring (bicyclic) bond motifs is 1. The third-order valence-corrected chi connectivity index (χ3v) is 5.16. The lowest BCUT2D eigenvalue weighted by Gasteiger charge is -2.19. The summed E-state index contributed by atoms with van der Waals surface area (Å²) in [6.07, 6.45) is 0. The number of hydrogen-bond donors (Lipinski definition) is 3. The lowest BCUT2D eigenvalue weighted by atomic mass is 9.75. The fourth-order valence-electron chi connectivity index (χ4n) is 2.46. The molecule has 0 aromatic heterocycles. The summed E-state index contributed by atoms with van der Waals surface area (Å²) < 4.78 is 27.1. The SMILES string of the molecule is CC(C)c1cc(B(O)O)cc2c1S(=O)(=O)NC2(C)C. The molecule has 1 aromatic carbocycles. The van der Waals surface area contributed by atoms with Crippen LogP contribution in [0.1, 0.15) is 44.7 Å². The van der Waals surface area contributed by atoms with Gasteiger partial charge in [0.2, 0.25) is 10.0 Å². The van der Waals surface area contributed by atoms with Crippen LogP contribution in [-0.2, 0) is 15.6 Å². The average Bonchev–Trinajstić information content (AvgIpc) is 2.43. The maximum absolute atomic E-state index is 12.2. The smallest absolute Gasteiger partial charge is 0.423 e. The van der Waals surface area contributed by atoms with Crippen molar-refractivity contribution in [1.29, 1.82) is 0 Å². The van der Waals surface area contributed by atoms with Crippen LogP contribution in [0.25, 0.3) is 0 Å². The third kappa shape index (κ3) is 2.31. The molecule has 0 amide bonds. The van der Waals surface area contributed by atoms with E-state index in [1.54, 1.807) is 26.0 Å². The summed E-state index contributed by atoms with van der Waals surface area (Å²) in [5.74, 6) is -0.0297. The maximum atomic E-state index is 12.2. The average molecular weight is 283 g/mol. The zero-order valence-electron chi connectivity index (χ0n) is 11.4. The molecule has 0 bridgehead atoms. The van der Waals surface area contributed by atoms with Gasteiger partial charge in [-0.15, -0.1) is 0 Å². The van der Waals surface area contributed by atoms with Gasteiger partial charge in [-0.2, -0.15) is 0 Å². The van der Waals surface area contributed by atoms with Crippen molar-refractivity contribution in [2.45, 2.75) is 44.0 Å². The van der Waals surface area contributed by atoms with Gasteiger partial charge in [0.25, 0.3) is 0 Å². The molecule has 0 saturated carbocycles. The van der Waals surface area contributed by atoms with Crippen LogP contribution in [0.15, 0.2) is 17.0 Å². The molecule has 7 heteroatoms. The summed E-state index contributed by atoms with van der Waals surface area (Å²) >= 11 is 0. The van der Waals surface area contributed by atoms with Gasteiger partial charge in [-0.3, -0.25) is 0 Å². The zero-order chi connectivity index (χ0) is 14.6. The second-order valence-electron chi connectivity index (χ2n) is 5.75. The van der Waals surface area contributed by atoms with Crippen LogP contribution >= 0.6 is 0 Å². The molecule has 104 valence electrons. The van der Waals surface area contributed by atoms with E-state index in [0.29, 0.717) is 16.6 Å². The Morgan fingerprint density at radius 1 is 1.26 bits per heavy atom. The standard InChI is InChI=1S/C12H18BNO4S/c1-7(2)9-5-8(13(15)16)6-10-11(9)19(17,18)14-12(10,3)4/h5-7,14-16H,1-4H3. The van der Waals surface area contributed by atoms with Crippen LogP contribution in [0.3, 0.4) is 0 Å². The van der Waals surface area contributed by atoms with E-state index in [-0.39, 0.29) is 10.8 Å². The molecule has 3 N–H and O–H groups in total. The number of benzene rings is 1. The number of hydrogen-bond acceptors (Lipinski definition) is 4. The predicted octanol–water partition coefficient (Wildman–Crippen LogP) is 0.0168. The first-order valence-electron chi connectivity index (χ1n) is 6.14. The lowest BCUT2D eigenvalue weighted by Crippen LogP contribution is -2.34. The molecule has 0 spiro atoms. The minimum absolute atomic E-state index is 0.0297. The molecule has 0 saturated heterocycles. The maximum Gasteiger partial charge on any atom is 0.488 e. The Morgan fingerprint density at radius 2 is 1.84 bits per heavy atom. The molecule has 0 atom stereocenters. The van der Waals surface area contributed by atoms with Crippen molar-refractivity contribution in [3.63, 3.8) is 0 Å². The van der Waals surface area contributed by atoms with Crippen molar-refractivity contribution in [1.82, 2.24) is 4.72 Å². The van der Waals surface area contributed by atoms with Gasteiger partial charge in [-0.25, -0.2) is 13.1 Å². The van der Waals surface area contributed by atoms with Gasteiger partial charge in [-0.1, -0.05) is 26.0 Å². The summed E-state index contributed by atoms with van der Waals surface area (Å²) in [6, 6.07) is 3.10. The Balaban J connectivity index is 2.85. The molecule has 1 aromatic rings. The van der Waals surface area contributed by atoms with E-state index in [4.69, 9.17) is 0 Å². The van der Waals surface area contributed by atoms with Crippen molar-refractivity contribution < 1.29 is 18.5 Å². The zero-order valence-corrected chi connectivity index (χ0v) is 12.2. The molecule has 1 aliphatic rings. The minimum Gasteiger partial charge on any atom is -0.423 e. The van der Waals surface area contributed by atoms with Gasteiger partial charge in [-0.05, 0) is 36.4 Å². The Morgan fingerprint density at radius 3 is 2.32 bits per heavy atom. The summed E-state index contributed by atoms with van der Waals surface area (Å²) in [7, 11) is -5.15. The highest BCUT2D eigenvalue weighted by Gasteiger charge is 2.42. The minimum atomic E-state index is -3.54. The largest absolute Gasteiger partial charge is 0.488 e. The highest BCUT2D eigenvalue weighted by atomic mass is 32.2. The Labute approximate surface area is 113 Å². The molecule has 0 unspecified atom stereocenters. The second kappa shape index (κ2) is 4.31. The first kappa shape index (κ1) is 14.5. The van der Waals surface area contributed by atoms with Crippen LogP contribution in [0.2, 0.25) is 0 Å². The van der Waals surface area contributed by atoms with Crippen molar-refractivity contribution in [3.8, 4) is 0 Å². The molecule has 1 aliphatic heterocycles. The molecule has 0 fully saturated rings. The molecular weight excluding hydrogens is 265 g/mol. The second-order valence-corrected chi connectivity index (χ2v) is 7.36.